The number of methoxy groups -OCH3 is 1. The number of aryl methyl sites for hydroxylation is 2. The van der Waals surface area contributed by atoms with Gasteiger partial charge < -0.3 is 10.1 Å². The Balaban J connectivity index is 1.60. The van der Waals surface area contributed by atoms with Crippen molar-refractivity contribution in [3.8, 4) is 5.82 Å². The number of nitrogens with one attached hydrogen (secondary N) is 1. The highest BCUT2D eigenvalue weighted by Gasteiger charge is 2.20. The number of carbonyl (C=O) groups is 2. The zero-order valence-corrected chi connectivity index (χ0v) is 15.4. The largest absolute Gasteiger partial charge is 0.465 e. The first-order valence-electron chi connectivity index (χ1n) is 9.03. The topological polar surface area (TPSA) is 99.0 Å². The molecule has 1 aromatic carbocycles. The molecule has 0 saturated heterocycles. The number of fused-ring (bicyclic) bond motifs is 1. The number of carbonyl (C=O) groups excluding carboxylic acids is 2. The highest BCUT2D eigenvalue weighted by molar-refractivity contribution is 6.07. The maximum Gasteiger partial charge on any atom is 0.339 e. The molecule has 28 heavy (non-hydrogen) atoms. The summed E-state index contributed by atoms with van der Waals surface area (Å²) in [4.78, 5) is 28.8. The summed E-state index contributed by atoms with van der Waals surface area (Å²) in [6, 6.07) is 6.95. The minimum absolute atomic E-state index is 0.150. The van der Waals surface area contributed by atoms with Gasteiger partial charge in [0.05, 0.1) is 18.4 Å². The summed E-state index contributed by atoms with van der Waals surface area (Å²) in [5.74, 6) is -0.367. The molecule has 0 bridgehead atoms. The minimum atomic E-state index is -0.481. The van der Waals surface area contributed by atoms with E-state index in [0.29, 0.717) is 17.1 Å². The van der Waals surface area contributed by atoms with Crippen molar-refractivity contribution in [3.63, 3.8) is 0 Å². The second-order valence-corrected chi connectivity index (χ2v) is 6.57. The number of imidazole rings is 1. The summed E-state index contributed by atoms with van der Waals surface area (Å²) in [7, 11) is 1.33. The average molecular weight is 377 g/mol. The van der Waals surface area contributed by atoms with Crippen molar-refractivity contribution >= 4 is 17.6 Å². The molecule has 8 nitrogen and oxygen atoms in total. The van der Waals surface area contributed by atoms with Crippen LogP contribution in [-0.2, 0) is 17.6 Å². The van der Waals surface area contributed by atoms with E-state index in [2.05, 4.69) is 20.5 Å². The molecule has 0 spiro atoms. The van der Waals surface area contributed by atoms with Gasteiger partial charge in [-0.3, -0.25) is 9.36 Å². The second kappa shape index (κ2) is 7.59. The van der Waals surface area contributed by atoms with Crippen molar-refractivity contribution in [2.45, 2.75) is 25.7 Å². The molecule has 142 valence electrons. The first-order valence-corrected chi connectivity index (χ1v) is 9.03. The molecule has 8 heteroatoms. The Hall–Kier alpha value is -3.55. The number of esters is 1. The molecule has 0 atom stereocenters. The van der Waals surface area contributed by atoms with Crippen LogP contribution in [0.2, 0.25) is 0 Å². The molecule has 3 aromatic rings. The van der Waals surface area contributed by atoms with Crippen LogP contribution < -0.4 is 5.32 Å². The highest BCUT2D eigenvalue weighted by Crippen LogP contribution is 2.28. The molecule has 0 aliphatic heterocycles. The molecule has 2 heterocycles. The number of anilines is 1. The van der Waals surface area contributed by atoms with Crippen molar-refractivity contribution in [2.75, 3.05) is 12.4 Å². The molecule has 1 aliphatic rings. The van der Waals surface area contributed by atoms with Crippen molar-refractivity contribution in [3.05, 3.63) is 65.4 Å². The molecule has 1 N–H and O–H groups in total. The molecule has 0 unspecified atom stereocenters. The number of benzene rings is 1. The van der Waals surface area contributed by atoms with Crippen LogP contribution in [0.25, 0.3) is 5.82 Å². The first kappa shape index (κ1) is 17.8. The predicted octanol–water partition coefficient (Wildman–Crippen LogP) is 2.58. The summed E-state index contributed by atoms with van der Waals surface area (Å²) in [6.45, 7) is 0. The van der Waals surface area contributed by atoms with Gasteiger partial charge in [-0.1, -0.05) is 0 Å². The van der Waals surface area contributed by atoms with Crippen LogP contribution in [-0.4, -0.2) is 38.7 Å². The van der Waals surface area contributed by atoms with E-state index in [0.717, 1.165) is 36.8 Å². The molecule has 0 fully saturated rings. The number of nitrogens with zero attached hydrogens (tertiary/aromatic N) is 4. The van der Waals surface area contributed by atoms with E-state index in [4.69, 9.17) is 4.74 Å². The maximum atomic E-state index is 12.7. The zero-order valence-electron chi connectivity index (χ0n) is 15.4. The number of hydrogen-bond donors (Lipinski definition) is 1. The fourth-order valence-corrected chi connectivity index (χ4v) is 3.33. The van der Waals surface area contributed by atoms with Crippen LogP contribution in [0.3, 0.4) is 0 Å². The summed E-state index contributed by atoms with van der Waals surface area (Å²) >= 11 is 0. The Morgan fingerprint density at radius 1 is 1.11 bits per heavy atom. The van der Waals surface area contributed by atoms with Crippen LogP contribution >= 0.6 is 0 Å². The number of aromatic nitrogens is 4. The molecule has 4 rings (SSSR count). The van der Waals surface area contributed by atoms with E-state index in [1.54, 1.807) is 35.4 Å². The third kappa shape index (κ3) is 3.48. The van der Waals surface area contributed by atoms with E-state index in [-0.39, 0.29) is 5.69 Å². The molecular weight excluding hydrogens is 358 g/mol. The van der Waals surface area contributed by atoms with E-state index in [1.165, 1.54) is 7.11 Å². The van der Waals surface area contributed by atoms with E-state index < -0.39 is 11.9 Å². The fourth-order valence-electron chi connectivity index (χ4n) is 3.33. The monoisotopic (exact) mass is 377 g/mol. The van der Waals surface area contributed by atoms with Gasteiger partial charge in [0.25, 0.3) is 5.91 Å². The van der Waals surface area contributed by atoms with Crippen molar-refractivity contribution in [2.24, 2.45) is 0 Å². The number of hydrogen-bond acceptors (Lipinski definition) is 6. The highest BCUT2D eigenvalue weighted by atomic mass is 16.5. The number of rotatable bonds is 4. The lowest BCUT2D eigenvalue weighted by Crippen LogP contribution is -2.19. The first-order chi connectivity index (χ1) is 13.7. The van der Waals surface area contributed by atoms with Crippen molar-refractivity contribution < 1.29 is 14.3 Å². The average Bonchev–Trinajstić information content (AvgIpc) is 3.27. The summed E-state index contributed by atoms with van der Waals surface area (Å²) < 4.78 is 6.57. The van der Waals surface area contributed by atoms with E-state index >= 15 is 0 Å². The van der Waals surface area contributed by atoms with Crippen LogP contribution in [0.1, 0.15) is 44.8 Å². The standard InChI is InChI=1S/C20H19N5O3/c1-28-20(27)15-10-13-4-2-3-5-14(13)11-17(15)22-19(26)16-6-7-18(24-23-16)25-9-8-21-12-25/h6-12H,2-5H2,1H3,(H,22,26). The Morgan fingerprint density at radius 2 is 1.89 bits per heavy atom. The van der Waals surface area contributed by atoms with Gasteiger partial charge in [0.2, 0.25) is 0 Å². The smallest absolute Gasteiger partial charge is 0.339 e. The number of ether oxygens (including phenoxy) is 1. The predicted molar refractivity (Wildman–Crippen MR) is 102 cm³/mol. The second-order valence-electron chi connectivity index (χ2n) is 6.57. The van der Waals surface area contributed by atoms with Gasteiger partial charge in [0, 0.05) is 12.4 Å². The zero-order chi connectivity index (χ0) is 19.5. The van der Waals surface area contributed by atoms with Crippen molar-refractivity contribution in [1.29, 1.82) is 0 Å². The Labute approximate surface area is 161 Å². The Morgan fingerprint density at radius 3 is 2.54 bits per heavy atom. The van der Waals surface area contributed by atoms with Gasteiger partial charge in [-0.25, -0.2) is 9.78 Å². The maximum absolute atomic E-state index is 12.7. The van der Waals surface area contributed by atoms with Gasteiger partial charge in [0.1, 0.15) is 6.33 Å². The van der Waals surface area contributed by atoms with Crippen LogP contribution in [0.5, 0.6) is 0 Å². The van der Waals surface area contributed by atoms with Crippen molar-refractivity contribution in [1.82, 2.24) is 19.7 Å². The molecule has 1 aliphatic carbocycles. The van der Waals surface area contributed by atoms with Crippen LogP contribution in [0.15, 0.2) is 43.0 Å². The lowest BCUT2D eigenvalue weighted by atomic mass is 9.89. The SMILES string of the molecule is COC(=O)c1cc2c(cc1NC(=O)c1ccc(-n3ccnc3)nn1)CCCC2. The fraction of sp³-hybridized carbons (Fsp3) is 0.250. The van der Waals surface area contributed by atoms with Gasteiger partial charge in [-0.15, -0.1) is 10.2 Å². The molecule has 0 saturated carbocycles. The lowest BCUT2D eigenvalue weighted by Gasteiger charge is -2.19. The molecule has 1 amide bonds. The lowest BCUT2D eigenvalue weighted by molar-refractivity contribution is 0.0601. The Bertz CT molecular complexity index is 1010. The van der Waals surface area contributed by atoms with Gasteiger partial charge in [0.15, 0.2) is 11.5 Å². The van der Waals surface area contributed by atoms with E-state index in [9.17, 15) is 9.59 Å². The van der Waals surface area contributed by atoms with E-state index in [1.807, 2.05) is 12.1 Å². The summed E-state index contributed by atoms with van der Waals surface area (Å²) in [6.07, 6.45) is 9.01. The van der Waals surface area contributed by atoms with Gasteiger partial charge in [-0.05, 0) is 61.1 Å². The van der Waals surface area contributed by atoms with Gasteiger partial charge >= 0.3 is 5.97 Å². The normalized spacial score (nSPS) is 12.9. The molecule has 2 aromatic heterocycles. The quantitative estimate of drug-likeness (QED) is 0.702. The van der Waals surface area contributed by atoms with Crippen LogP contribution in [0.4, 0.5) is 5.69 Å². The summed E-state index contributed by atoms with van der Waals surface area (Å²) in [5.41, 5.74) is 3.21. The number of amides is 1. The molecule has 0 radical (unpaired) electrons. The third-order valence-electron chi connectivity index (χ3n) is 4.79. The third-order valence-corrected chi connectivity index (χ3v) is 4.79. The summed E-state index contributed by atoms with van der Waals surface area (Å²) in [5, 5.41) is 10.8. The Kier molecular flexibility index (Phi) is 4.84. The molecular formula is C20H19N5O3. The minimum Gasteiger partial charge on any atom is -0.465 e. The van der Waals surface area contributed by atoms with Crippen LogP contribution in [0, 0.1) is 0 Å². The van der Waals surface area contributed by atoms with Gasteiger partial charge in [-0.2, -0.15) is 0 Å².